The monoisotopic (exact) mass is 223 g/mol. The van der Waals surface area contributed by atoms with Crippen LogP contribution in [-0.2, 0) is 4.74 Å². The standard InChI is InChI=1S/C13H21NO2/c1-3-15-9-6-10-16-13-8-5-4-7-12(13)11(2)14/h4-5,7-8,11H,3,6,9-10,14H2,1-2H3/t11-/m1/s1. The molecular weight excluding hydrogens is 202 g/mol. The van der Waals surface area contributed by atoms with Gasteiger partial charge in [0.05, 0.1) is 6.61 Å². The number of hydrogen-bond acceptors (Lipinski definition) is 3. The Bertz CT molecular complexity index is 300. The fraction of sp³-hybridized carbons (Fsp3) is 0.538. The Morgan fingerprint density at radius 2 is 2.00 bits per heavy atom. The van der Waals surface area contributed by atoms with Crippen LogP contribution in [0.3, 0.4) is 0 Å². The number of hydrogen-bond donors (Lipinski definition) is 1. The zero-order chi connectivity index (χ0) is 11.8. The SMILES string of the molecule is CCOCCCOc1ccccc1[C@@H](C)N. The van der Waals surface area contributed by atoms with Crippen molar-refractivity contribution in [2.45, 2.75) is 26.3 Å². The minimum absolute atomic E-state index is 0.00286. The molecule has 3 nitrogen and oxygen atoms in total. The van der Waals surface area contributed by atoms with Gasteiger partial charge in [-0.15, -0.1) is 0 Å². The molecule has 0 aromatic heterocycles. The van der Waals surface area contributed by atoms with Crippen LogP contribution < -0.4 is 10.5 Å². The average Bonchev–Trinajstić information content (AvgIpc) is 2.29. The Morgan fingerprint density at radius 3 is 2.69 bits per heavy atom. The molecule has 0 unspecified atom stereocenters. The fourth-order valence-corrected chi connectivity index (χ4v) is 1.48. The van der Waals surface area contributed by atoms with Gasteiger partial charge in [-0.05, 0) is 19.9 Å². The van der Waals surface area contributed by atoms with Crippen LogP contribution in [0.1, 0.15) is 31.9 Å². The van der Waals surface area contributed by atoms with E-state index in [2.05, 4.69) is 0 Å². The largest absolute Gasteiger partial charge is 0.493 e. The van der Waals surface area contributed by atoms with Gasteiger partial charge < -0.3 is 15.2 Å². The molecule has 3 heteroatoms. The van der Waals surface area contributed by atoms with Gasteiger partial charge in [-0.25, -0.2) is 0 Å². The van der Waals surface area contributed by atoms with Gasteiger partial charge in [-0.3, -0.25) is 0 Å². The van der Waals surface area contributed by atoms with Gasteiger partial charge in [0.25, 0.3) is 0 Å². The van der Waals surface area contributed by atoms with Crippen molar-refractivity contribution in [3.8, 4) is 5.75 Å². The van der Waals surface area contributed by atoms with E-state index in [1.807, 2.05) is 38.1 Å². The van der Waals surface area contributed by atoms with Gasteiger partial charge >= 0.3 is 0 Å². The third kappa shape index (κ3) is 4.21. The lowest BCUT2D eigenvalue weighted by Crippen LogP contribution is -2.09. The smallest absolute Gasteiger partial charge is 0.124 e. The molecule has 16 heavy (non-hydrogen) atoms. The summed E-state index contributed by atoms with van der Waals surface area (Å²) in [7, 11) is 0. The molecule has 0 aliphatic heterocycles. The zero-order valence-corrected chi connectivity index (χ0v) is 10.1. The van der Waals surface area contributed by atoms with E-state index in [0.29, 0.717) is 6.61 Å². The van der Waals surface area contributed by atoms with Crippen molar-refractivity contribution in [2.24, 2.45) is 5.73 Å². The molecule has 1 aromatic rings. The fourth-order valence-electron chi connectivity index (χ4n) is 1.48. The summed E-state index contributed by atoms with van der Waals surface area (Å²) in [6.07, 6.45) is 0.904. The summed E-state index contributed by atoms with van der Waals surface area (Å²) in [5, 5.41) is 0. The topological polar surface area (TPSA) is 44.5 Å². The predicted octanol–water partition coefficient (Wildman–Crippen LogP) is 2.51. The first-order valence-corrected chi connectivity index (χ1v) is 5.80. The lowest BCUT2D eigenvalue weighted by molar-refractivity contribution is 0.130. The first-order chi connectivity index (χ1) is 7.75. The summed E-state index contributed by atoms with van der Waals surface area (Å²) < 4.78 is 10.9. The van der Waals surface area contributed by atoms with E-state index in [9.17, 15) is 0 Å². The van der Waals surface area contributed by atoms with Crippen LogP contribution in [0, 0.1) is 0 Å². The second-order valence-corrected chi connectivity index (χ2v) is 3.73. The van der Waals surface area contributed by atoms with Crippen molar-refractivity contribution >= 4 is 0 Å². The van der Waals surface area contributed by atoms with Crippen molar-refractivity contribution in [2.75, 3.05) is 19.8 Å². The van der Waals surface area contributed by atoms with Crippen LogP contribution in [0.2, 0.25) is 0 Å². The second-order valence-electron chi connectivity index (χ2n) is 3.73. The van der Waals surface area contributed by atoms with Crippen LogP contribution >= 0.6 is 0 Å². The van der Waals surface area contributed by atoms with Crippen molar-refractivity contribution in [1.29, 1.82) is 0 Å². The van der Waals surface area contributed by atoms with Crippen LogP contribution in [0.15, 0.2) is 24.3 Å². The molecule has 0 saturated heterocycles. The van der Waals surface area contributed by atoms with E-state index >= 15 is 0 Å². The normalized spacial score (nSPS) is 12.4. The van der Waals surface area contributed by atoms with Gasteiger partial charge in [0, 0.05) is 31.2 Å². The van der Waals surface area contributed by atoms with E-state index in [0.717, 1.165) is 30.9 Å². The number of rotatable bonds is 7. The van der Waals surface area contributed by atoms with E-state index < -0.39 is 0 Å². The maximum atomic E-state index is 5.86. The molecule has 1 aromatic carbocycles. The molecule has 0 aliphatic carbocycles. The highest BCUT2D eigenvalue weighted by Crippen LogP contribution is 2.23. The summed E-state index contributed by atoms with van der Waals surface area (Å²) in [4.78, 5) is 0. The molecule has 0 amide bonds. The molecule has 90 valence electrons. The molecule has 2 N–H and O–H groups in total. The van der Waals surface area contributed by atoms with E-state index in [1.165, 1.54) is 0 Å². The van der Waals surface area contributed by atoms with Gasteiger partial charge in [-0.2, -0.15) is 0 Å². The molecule has 0 spiro atoms. The molecule has 0 bridgehead atoms. The lowest BCUT2D eigenvalue weighted by atomic mass is 10.1. The first kappa shape index (κ1) is 13.0. The van der Waals surface area contributed by atoms with E-state index in [-0.39, 0.29) is 6.04 Å². The van der Waals surface area contributed by atoms with Crippen LogP contribution in [0.4, 0.5) is 0 Å². The second kappa shape index (κ2) is 7.25. The number of ether oxygens (including phenoxy) is 2. The Kier molecular flexibility index (Phi) is 5.90. The number of benzene rings is 1. The van der Waals surface area contributed by atoms with Gasteiger partial charge in [0.15, 0.2) is 0 Å². The minimum atomic E-state index is 0.00286. The highest BCUT2D eigenvalue weighted by Gasteiger charge is 2.06. The van der Waals surface area contributed by atoms with Crippen LogP contribution in [0.5, 0.6) is 5.75 Å². The lowest BCUT2D eigenvalue weighted by Gasteiger charge is -2.13. The summed E-state index contributed by atoms with van der Waals surface area (Å²) in [5.74, 6) is 0.883. The van der Waals surface area contributed by atoms with Gasteiger partial charge in [-0.1, -0.05) is 18.2 Å². The average molecular weight is 223 g/mol. The third-order valence-electron chi connectivity index (χ3n) is 2.30. The Hall–Kier alpha value is -1.06. The Labute approximate surface area is 97.6 Å². The zero-order valence-electron chi connectivity index (χ0n) is 10.1. The summed E-state index contributed by atoms with van der Waals surface area (Å²) in [6, 6.07) is 7.90. The maximum Gasteiger partial charge on any atom is 0.124 e. The quantitative estimate of drug-likeness (QED) is 0.722. The van der Waals surface area contributed by atoms with Crippen molar-refractivity contribution < 1.29 is 9.47 Å². The van der Waals surface area contributed by atoms with Gasteiger partial charge in [0.2, 0.25) is 0 Å². The number of para-hydroxylation sites is 1. The molecule has 0 radical (unpaired) electrons. The first-order valence-electron chi connectivity index (χ1n) is 5.80. The van der Waals surface area contributed by atoms with Crippen molar-refractivity contribution in [3.05, 3.63) is 29.8 Å². The summed E-state index contributed by atoms with van der Waals surface area (Å²) >= 11 is 0. The van der Waals surface area contributed by atoms with Gasteiger partial charge in [0.1, 0.15) is 5.75 Å². The van der Waals surface area contributed by atoms with E-state index in [4.69, 9.17) is 15.2 Å². The highest BCUT2D eigenvalue weighted by atomic mass is 16.5. The van der Waals surface area contributed by atoms with Crippen molar-refractivity contribution in [1.82, 2.24) is 0 Å². The molecule has 0 fully saturated rings. The number of nitrogens with two attached hydrogens (primary N) is 1. The Morgan fingerprint density at radius 1 is 1.25 bits per heavy atom. The molecule has 0 aliphatic rings. The van der Waals surface area contributed by atoms with E-state index in [1.54, 1.807) is 0 Å². The predicted molar refractivity (Wildman–Crippen MR) is 65.6 cm³/mol. The minimum Gasteiger partial charge on any atom is -0.493 e. The summed E-state index contributed by atoms with van der Waals surface area (Å²) in [6.45, 7) is 6.13. The maximum absolute atomic E-state index is 5.86. The Balaban J connectivity index is 2.41. The highest BCUT2D eigenvalue weighted by molar-refractivity contribution is 5.35. The molecule has 1 rings (SSSR count). The van der Waals surface area contributed by atoms with Crippen molar-refractivity contribution in [3.63, 3.8) is 0 Å². The molecule has 0 saturated carbocycles. The molecular formula is C13H21NO2. The van der Waals surface area contributed by atoms with Crippen LogP contribution in [-0.4, -0.2) is 19.8 Å². The third-order valence-corrected chi connectivity index (χ3v) is 2.30. The van der Waals surface area contributed by atoms with Crippen LogP contribution in [0.25, 0.3) is 0 Å². The molecule has 0 heterocycles. The molecule has 1 atom stereocenters. The summed E-state index contributed by atoms with van der Waals surface area (Å²) in [5.41, 5.74) is 6.92.